The molecule has 0 aliphatic carbocycles. The number of hydrogen-bond acceptors (Lipinski definition) is 3. The van der Waals surface area contributed by atoms with Crippen molar-refractivity contribution in [3.8, 4) is 0 Å². The van der Waals surface area contributed by atoms with E-state index in [0.29, 0.717) is 13.0 Å². The zero-order chi connectivity index (χ0) is 10.6. The third-order valence-corrected chi connectivity index (χ3v) is 2.03. The second-order valence-corrected chi connectivity index (χ2v) is 3.36. The normalized spacial score (nSPS) is 12.5. The van der Waals surface area contributed by atoms with E-state index in [0.717, 1.165) is 11.5 Å². The van der Waals surface area contributed by atoms with Crippen LogP contribution in [0.2, 0.25) is 0 Å². The average molecular weight is 196 g/mol. The van der Waals surface area contributed by atoms with E-state index in [4.69, 9.17) is 9.15 Å². The summed E-state index contributed by atoms with van der Waals surface area (Å²) in [4.78, 5) is 11.2. The lowest BCUT2D eigenvalue weighted by atomic mass is 10.1. The van der Waals surface area contributed by atoms with E-state index >= 15 is 0 Å². The van der Waals surface area contributed by atoms with Gasteiger partial charge in [0.15, 0.2) is 0 Å². The van der Waals surface area contributed by atoms with Gasteiger partial charge in [0.25, 0.3) is 0 Å². The van der Waals surface area contributed by atoms with Crippen molar-refractivity contribution in [2.45, 2.75) is 33.1 Å². The first-order valence-corrected chi connectivity index (χ1v) is 4.85. The molecule has 0 radical (unpaired) electrons. The first kappa shape index (κ1) is 10.8. The fourth-order valence-corrected chi connectivity index (χ4v) is 1.29. The summed E-state index contributed by atoms with van der Waals surface area (Å²) in [5.41, 5.74) is 0. The molecule has 1 unspecified atom stereocenters. The molecule has 0 aliphatic rings. The largest absolute Gasteiger partial charge is 0.466 e. The molecule has 1 aromatic rings. The number of carbonyl (C=O) groups is 1. The highest BCUT2D eigenvalue weighted by atomic mass is 16.5. The molecule has 0 fully saturated rings. The van der Waals surface area contributed by atoms with Crippen molar-refractivity contribution in [3.63, 3.8) is 0 Å². The molecular formula is C11H16O3. The van der Waals surface area contributed by atoms with Crippen LogP contribution in [0.15, 0.2) is 16.5 Å². The number of ether oxygens (including phenoxy) is 1. The Balaban J connectivity index is 2.50. The van der Waals surface area contributed by atoms with Crippen LogP contribution >= 0.6 is 0 Å². The Morgan fingerprint density at radius 3 is 2.79 bits per heavy atom. The smallest absolute Gasteiger partial charge is 0.306 e. The SMILES string of the molecule is CCOC(=O)CC(C)c1ccc(C)o1. The van der Waals surface area contributed by atoms with Gasteiger partial charge in [-0.1, -0.05) is 6.92 Å². The van der Waals surface area contributed by atoms with Gasteiger partial charge in [-0.15, -0.1) is 0 Å². The highest BCUT2D eigenvalue weighted by molar-refractivity contribution is 5.70. The van der Waals surface area contributed by atoms with Crippen molar-refractivity contribution < 1.29 is 13.9 Å². The van der Waals surface area contributed by atoms with Gasteiger partial charge in [0.1, 0.15) is 11.5 Å². The minimum Gasteiger partial charge on any atom is -0.466 e. The van der Waals surface area contributed by atoms with Gasteiger partial charge in [-0.25, -0.2) is 0 Å². The highest BCUT2D eigenvalue weighted by Crippen LogP contribution is 2.21. The topological polar surface area (TPSA) is 39.4 Å². The summed E-state index contributed by atoms with van der Waals surface area (Å²) in [5, 5.41) is 0. The maximum Gasteiger partial charge on any atom is 0.306 e. The van der Waals surface area contributed by atoms with E-state index in [2.05, 4.69) is 0 Å². The lowest BCUT2D eigenvalue weighted by Crippen LogP contribution is -2.07. The summed E-state index contributed by atoms with van der Waals surface area (Å²) in [6.07, 6.45) is 0.376. The van der Waals surface area contributed by atoms with Crippen LogP contribution in [0.1, 0.15) is 37.7 Å². The third kappa shape index (κ3) is 2.91. The first-order chi connectivity index (χ1) is 6.63. The van der Waals surface area contributed by atoms with Gasteiger partial charge < -0.3 is 9.15 Å². The molecule has 1 atom stereocenters. The van der Waals surface area contributed by atoms with Crippen LogP contribution < -0.4 is 0 Å². The summed E-state index contributed by atoms with van der Waals surface area (Å²) in [6, 6.07) is 3.80. The molecule has 0 amide bonds. The van der Waals surface area contributed by atoms with Crippen molar-refractivity contribution >= 4 is 5.97 Å². The van der Waals surface area contributed by atoms with Crippen molar-refractivity contribution in [2.75, 3.05) is 6.61 Å². The lowest BCUT2D eigenvalue weighted by Gasteiger charge is -2.07. The Hall–Kier alpha value is -1.25. The number of furan rings is 1. The zero-order valence-corrected chi connectivity index (χ0v) is 8.87. The van der Waals surface area contributed by atoms with Crippen LogP contribution in [-0.4, -0.2) is 12.6 Å². The average Bonchev–Trinajstić information content (AvgIpc) is 2.52. The monoisotopic (exact) mass is 196 g/mol. The minimum absolute atomic E-state index is 0.0859. The summed E-state index contributed by atoms with van der Waals surface area (Å²) >= 11 is 0. The van der Waals surface area contributed by atoms with Crippen LogP contribution in [0, 0.1) is 6.92 Å². The number of hydrogen-bond donors (Lipinski definition) is 0. The maximum atomic E-state index is 11.2. The molecule has 0 saturated heterocycles. The molecule has 1 heterocycles. The Kier molecular flexibility index (Phi) is 3.74. The summed E-state index contributed by atoms with van der Waals surface area (Å²) in [6.45, 7) is 6.08. The molecule has 1 rings (SSSR count). The van der Waals surface area contributed by atoms with E-state index in [1.807, 2.05) is 26.0 Å². The predicted molar refractivity (Wildman–Crippen MR) is 53.1 cm³/mol. The minimum atomic E-state index is -0.172. The standard InChI is InChI=1S/C11H16O3/c1-4-13-11(12)7-8(2)10-6-5-9(3)14-10/h5-6,8H,4,7H2,1-3H3. The van der Waals surface area contributed by atoms with Crippen molar-refractivity contribution in [1.29, 1.82) is 0 Å². The van der Waals surface area contributed by atoms with E-state index in [9.17, 15) is 4.79 Å². The maximum absolute atomic E-state index is 11.2. The second kappa shape index (κ2) is 4.84. The molecule has 0 bridgehead atoms. The summed E-state index contributed by atoms with van der Waals surface area (Å²) < 4.78 is 10.3. The molecule has 1 aromatic heterocycles. The van der Waals surface area contributed by atoms with Gasteiger partial charge in [-0.3, -0.25) is 4.79 Å². The molecule has 0 aliphatic heterocycles. The number of aryl methyl sites for hydroxylation is 1. The van der Waals surface area contributed by atoms with E-state index in [-0.39, 0.29) is 11.9 Å². The zero-order valence-electron chi connectivity index (χ0n) is 8.87. The molecule has 14 heavy (non-hydrogen) atoms. The van der Waals surface area contributed by atoms with Crippen LogP contribution in [-0.2, 0) is 9.53 Å². The highest BCUT2D eigenvalue weighted by Gasteiger charge is 2.14. The fourth-order valence-electron chi connectivity index (χ4n) is 1.29. The molecule has 3 heteroatoms. The van der Waals surface area contributed by atoms with E-state index < -0.39 is 0 Å². The predicted octanol–water partition coefficient (Wildman–Crippen LogP) is 2.64. The number of esters is 1. The van der Waals surface area contributed by atoms with Gasteiger partial charge >= 0.3 is 5.97 Å². The Morgan fingerprint density at radius 1 is 1.57 bits per heavy atom. The molecule has 78 valence electrons. The van der Waals surface area contributed by atoms with Crippen molar-refractivity contribution in [3.05, 3.63) is 23.7 Å². The van der Waals surface area contributed by atoms with Gasteiger partial charge in [0.2, 0.25) is 0 Å². The summed E-state index contributed by atoms with van der Waals surface area (Å²) in [7, 11) is 0. The van der Waals surface area contributed by atoms with Gasteiger partial charge in [-0.05, 0) is 26.0 Å². The number of carbonyl (C=O) groups excluding carboxylic acids is 1. The van der Waals surface area contributed by atoms with Crippen molar-refractivity contribution in [1.82, 2.24) is 0 Å². The Bertz CT molecular complexity index is 301. The van der Waals surface area contributed by atoms with Crippen LogP contribution in [0.3, 0.4) is 0 Å². The number of rotatable bonds is 4. The quantitative estimate of drug-likeness (QED) is 0.695. The van der Waals surface area contributed by atoms with Crippen LogP contribution in [0.25, 0.3) is 0 Å². The molecular weight excluding hydrogens is 180 g/mol. The Labute approximate surface area is 84.1 Å². The molecule has 3 nitrogen and oxygen atoms in total. The van der Waals surface area contributed by atoms with Gasteiger partial charge in [0.05, 0.1) is 13.0 Å². The van der Waals surface area contributed by atoms with Crippen LogP contribution in [0.5, 0.6) is 0 Å². The van der Waals surface area contributed by atoms with Gasteiger partial charge in [-0.2, -0.15) is 0 Å². The fraction of sp³-hybridized carbons (Fsp3) is 0.545. The lowest BCUT2D eigenvalue weighted by molar-refractivity contribution is -0.143. The summed E-state index contributed by atoms with van der Waals surface area (Å²) in [5.74, 6) is 1.63. The second-order valence-electron chi connectivity index (χ2n) is 3.36. The third-order valence-electron chi connectivity index (χ3n) is 2.03. The Morgan fingerprint density at radius 2 is 2.29 bits per heavy atom. The molecule has 0 saturated carbocycles. The molecule has 0 N–H and O–H groups in total. The van der Waals surface area contributed by atoms with E-state index in [1.54, 1.807) is 6.92 Å². The van der Waals surface area contributed by atoms with Gasteiger partial charge in [0, 0.05) is 5.92 Å². The van der Waals surface area contributed by atoms with E-state index in [1.165, 1.54) is 0 Å². The van der Waals surface area contributed by atoms with Crippen molar-refractivity contribution in [2.24, 2.45) is 0 Å². The van der Waals surface area contributed by atoms with Crippen LogP contribution in [0.4, 0.5) is 0 Å². The molecule has 0 aromatic carbocycles. The molecule has 0 spiro atoms. The first-order valence-electron chi connectivity index (χ1n) is 4.85.